The van der Waals surface area contributed by atoms with Crippen LogP contribution in [0.5, 0.6) is 5.75 Å². The molecular weight excluding hydrogens is 234 g/mol. The third-order valence-electron chi connectivity index (χ3n) is 2.69. The molecule has 0 saturated heterocycles. The average Bonchev–Trinajstić information content (AvgIpc) is 2.31. The molecule has 1 rings (SSSR count). The molecule has 0 aromatic heterocycles. The van der Waals surface area contributed by atoms with E-state index in [1.165, 1.54) is 11.0 Å². The minimum Gasteiger partial charge on any atom is -0.508 e. The van der Waals surface area contributed by atoms with Crippen LogP contribution in [0.15, 0.2) is 18.2 Å². The first-order valence-corrected chi connectivity index (χ1v) is 5.68. The lowest BCUT2D eigenvalue weighted by molar-refractivity contribution is -0.137. The van der Waals surface area contributed by atoms with Crippen LogP contribution < -0.4 is 0 Å². The summed E-state index contributed by atoms with van der Waals surface area (Å²) in [5.41, 5.74) is 1.11. The number of nitrogens with zero attached hydrogens (tertiary/aromatic N) is 1. The van der Waals surface area contributed by atoms with Gasteiger partial charge in [0.2, 0.25) is 0 Å². The van der Waals surface area contributed by atoms with Gasteiger partial charge >= 0.3 is 5.97 Å². The third kappa shape index (κ3) is 3.76. The Morgan fingerprint density at radius 3 is 2.56 bits per heavy atom. The zero-order chi connectivity index (χ0) is 13.7. The topological polar surface area (TPSA) is 77.8 Å². The fourth-order valence-corrected chi connectivity index (χ4v) is 1.53. The predicted molar refractivity (Wildman–Crippen MR) is 66.7 cm³/mol. The molecular formula is C13H17NO4. The summed E-state index contributed by atoms with van der Waals surface area (Å²) in [4.78, 5) is 23.8. The lowest BCUT2D eigenvalue weighted by Crippen LogP contribution is -2.28. The van der Waals surface area contributed by atoms with E-state index in [0.717, 1.165) is 0 Å². The number of phenols is 1. The number of aryl methyl sites for hydroxylation is 1. The summed E-state index contributed by atoms with van der Waals surface area (Å²) in [5.74, 6) is -1.01. The standard InChI is InChI=1S/C13H17NO4/c1-9-5-6-10(8-11(9)15)13(18)14(2)7-3-4-12(16)17/h5-6,8,15H,3-4,7H2,1-2H3,(H,16,17). The Kier molecular flexibility index (Phi) is 4.71. The normalized spacial score (nSPS) is 10.1. The van der Waals surface area contributed by atoms with Crippen molar-refractivity contribution in [2.45, 2.75) is 19.8 Å². The van der Waals surface area contributed by atoms with E-state index in [1.54, 1.807) is 26.1 Å². The van der Waals surface area contributed by atoms with Crippen LogP contribution in [-0.4, -0.2) is 40.6 Å². The summed E-state index contributed by atoms with van der Waals surface area (Å²) >= 11 is 0. The number of aliphatic carboxylic acids is 1. The second-order valence-electron chi connectivity index (χ2n) is 4.23. The fourth-order valence-electron chi connectivity index (χ4n) is 1.53. The predicted octanol–water partition coefficient (Wildman–Crippen LogP) is 1.64. The number of rotatable bonds is 5. The van der Waals surface area contributed by atoms with Gasteiger partial charge in [0.15, 0.2) is 0 Å². The first kappa shape index (κ1) is 14.0. The molecule has 0 bridgehead atoms. The highest BCUT2D eigenvalue weighted by atomic mass is 16.4. The molecule has 0 fully saturated rings. The molecule has 0 aliphatic heterocycles. The number of carboxylic acids is 1. The van der Waals surface area contributed by atoms with E-state index in [-0.39, 0.29) is 18.1 Å². The summed E-state index contributed by atoms with van der Waals surface area (Å²) in [6.45, 7) is 2.12. The van der Waals surface area contributed by atoms with E-state index < -0.39 is 5.97 Å². The minimum atomic E-state index is -0.871. The quantitative estimate of drug-likeness (QED) is 0.833. The van der Waals surface area contributed by atoms with Crippen molar-refractivity contribution >= 4 is 11.9 Å². The van der Waals surface area contributed by atoms with Crippen molar-refractivity contribution in [1.29, 1.82) is 0 Å². The Hall–Kier alpha value is -2.04. The highest BCUT2D eigenvalue weighted by Gasteiger charge is 2.13. The zero-order valence-corrected chi connectivity index (χ0v) is 10.5. The number of benzene rings is 1. The van der Waals surface area contributed by atoms with Gasteiger partial charge in [0.05, 0.1) is 0 Å². The second kappa shape index (κ2) is 6.05. The van der Waals surface area contributed by atoms with Gasteiger partial charge in [-0.05, 0) is 31.0 Å². The van der Waals surface area contributed by atoms with Crippen molar-refractivity contribution in [3.05, 3.63) is 29.3 Å². The van der Waals surface area contributed by atoms with Gasteiger partial charge in [0.25, 0.3) is 5.91 Å². The summed E-state index contributed by atoms with van der Waals surface area (Å²) in [7, 11) is 1.61. The summed E-state index contributed by atoms with van der Waals surface area (Å²) in [6, 6.07) is 4.74. The Labute approximate surface area is 106 Å². The summed E-state index contributed by atoms with van der Waals surface area (Å²) in [5, 5.41) is 18.0. The van der Waals surface area contributed by atoms with E-state index >= 15 is 0 Å². The number of hydrogen-bond donors (Lipinski definition) is 2. The van der Waals surface area contributed by atoms with Crippen molar-refractivity contribution in [2.24, 2.45) is 0 Å². The molecule has 0 unspecified atom stereocenters. The molecule has 0 atom stereocenters. The van der Waals surface area contributed by atoms with E-state index in [2.05, 4.69) is 0 Å². The molecule has 0 heterocycles. The first-order valence-electron chi connectivity index (χ1n) is 5.68. The molecule has 5 heteroatoms. The van der Waals surface area contributed by atoms with Crippen LogP contribution in [0.2, 0.25) is 0 Å². The highest BCUT2D eigenvalue weighted by molar-refractivity contribution is 5.94. The van der Waals surface area contributed by atoms with Crippen LogP contribution in [0.4, 0.5) is 0 Å². The van der Waals surface area contributed by atoms with E-state index in [0.29, 0.717) is 24.1 Å². The minimum absolute atomic E-state index is 0.0385. The van der Waals surface area contributed by atoms with Crippen LogP contribution in [-0.2, 0) is 4.79 Å². The number of aromatic hydroxyl groups is 1. The molecule has 1 aromatic rings. The Morgan fingerprint density at radius 2 is 2.00 bits per heavy atom. The molecule has 1 aromatic carbocycles. The van der Waals surface area contributed by atoms with Crippen molar-refractivity contribution in [1.82, 2.24) is 4.90 Å². The number of amides is 1. The highest BCUT2D eigenvalue weighted by Crippen LogP contribution is 2.18. The molecule has 0 aliphatic carbocycles. The number of carboxylic acid groups (broad SMARTS) is 1. The number of carbonyl (C=O) groups is 2. The lowest BCUT2D eigenvalue weighted by Gasteiger charge is -2.17. The maximum absolute atomic E-state index is 12.0. The van der Waals surface area contributed by atoms with E-state index in [9.17, 15) is 14.7 Å². The van der Waals surface area contributed by atoms with Crippen LogP contribution >= 0.6 is 0 Å². The molecule has 0 saturated carbocycles. The molecule has 5 nitrogen and oxygen atoms in total. The van der Waals surface area contributed by atoms with Crippen molar-refractivity contribution in [3.8, 4) is 5.75 Å². The molecule has 0 aliphatic rings. The van der Waals surface area contributed by atoms with Crippen LogP contribution in [0.3, 0.4) is 0 Å². The monoisotopic (exact) mass is 251 g/mol. The van der Waals surface area contributed by atoms with Gasteiger partial charge in [-0.2, -0.15) is 0 Å². The molecule has 1 amide bonds. The lowest BCUT2D eigenvalue weighted by atomic mass is 10.1. The Bertz CT molecular complexity index is 456. The van der Waals surface area contributed by atoms with Gasteiger partial charge in [-0.15, -0.1) is 0 Å². The van der Waals surface area contributed by atoms with Gasteiger partial charge < -0.3 is 15.1 Å². The van der Waals surface area contributed by atoms with Gasteiger partial charge in [0, 0.05) is 25.6 Å². The average molecular weight is 251 g/mol. The Morgan fingerprint density at radius 1 is 1.33 bits per heavy atom. The maximum Gasteiger partial charge on any atom is 0.303 e. The fraction of sp³-hybridized carbons (Fsp3) is 0.385. The SMILES string of the molecule is Cc1ccc(C(=O)N(C)CCCC(=O)O)cc1O. The molecule has 18 heavy (non-hydrogen) atoms. The van der Waals surface area contributed by atoms with Crippen LogP contribution in [0, 0.1) is 6.92 Å². The molecule has 0 spiro atoms. The van der Waals surface area contributed by atoms with Gasteiger partial charge in [-0.3, -0.25) is 9.59 Å². The van der Waals surface area contributed by atoms with Crippen molar-refractivity contribution in [3.63, 3.8) is 0 Å². The van der Waals surface area contributed by atoms with Crippen molar-refractivity contribution in [2.75, 3.05) is 13.6 Å². The largest absolute Gasteiger partial charge is 0.508 e. The number of carbonyl (C=O) groups excluding carboxylic acids is 1. The van der Waals surface area contributed by atoms with Crippen LogP contribution in [0.25, 0.3) is 0 Å². The third-order valence-corrected chi connectivity index (χ3v) is 2.69. The maximum atomic E-state index is 12.0. The Balaban J connectivity index is 2.62. The summed E-state index contributed by atoms with van der Waals surface area (Å²) < 4.78 is 0. The zero-order valence-electron chi connectivity index (χ0n) is 10.5. The van der Waals surface area contributed by atoms with Gasteiger partial charge in [0.1, 0.15) is 5.75 Å². The first-order chi connectivity index (χ1) is 8.41. The van der Waals surface area contributed by atoms with E-state index in [4.69, 9.17) is 5.11 Å². The van der Waals surface area contributed by atoms with E-state index in [1.807, 2.05) is 0 Å². The number of phenolic OH excluding ortho intramolecular Hbond substituents is 1. The smallest absolute Gasteiger partial charge is 0.303 e. The second-order valence-corrected chi connectivity index (χ2v) is 4.23. The summed E-state index contributed by atoms with van der Waals surface area (Å²) in [6.07, 6.45) is 0.451. The molecule has 2 N–H and O–H groups in total. The van der Waals surface area contributed by atoms with Crippen LogP contribution in [0.1, 0.15) is 28.8 Å². The van der Waals surface area contributed by atoms with Gasteiger partial charge in [-0.25, -0.2) is 0 Å². The van der Waals surface area contributed by atoms with Gasteiger partial charge in [-0.1, -0.05) is 6.07 Å². The molecule has 98 valence electrons. The number of hydrogen-bond acceptors (Lipinski definition) is 3. The molecule has 0 radical (unpaired) electrons. The van der Waals surface area contributed by atoms with Crippen molar-refractivity contribution < 1.29 is 19.8 Å².